The molecule has 1 aliphatic heterocycles. The van der Waals surface area contributed by atoms with Gasteiger partial charge in [0.1, 0.15) is 12.4 Å². The third-order valence-corrected chi connectivity index (χ3v) is 4.89. The molecule has 0 fully saturated rings. The number of benzene rings is 2. The molecule has 5 nitrogen and oxygen atoms in total. The zero-order chi connectivity index (χ0) is 15.6. The molecule has 2 aromatic carbocycles. The smallest absolute Gasteiger partial charge is 0.261 e. The number of nitrogens with one attached hydrogen (secondary N) is 2. The van der Waals surface area contributed by atoms with Crippen LogP contribution in [0.4, 0.5) is 5.69 Å². The number of ether oxygens (including phenoxy) is 1. The van der Waals surface area contributed by atoms with E-state index in [1.165, 1.54) is 6.07 Å². The lowest BCUT2D eigenvalue weighted by molar-refractivity contribution is 0.325. The van der Waals surface area contributed by atoms with Crippen molar-refractivity contribution in [2.24, 2.45) is 0 Å². The van der Waals surface area contributed by atoms with E-state index in [2.05, 4.69) is 10.0 Å². The van der Waals surface area contributed by atoms with Crippen molar-refractivity contribution in [1.82, 2.24) is 5.32 Å². The Hall–Kier alpha value is -1.76. The third-order valence-electron chi connectivity index (χ3n) is 3.27. The van der Waals surface area contributed by atoms with Gasteiger partial charge in [-0.05, 0) is 36.4 Å². The van der Waals surface area contributed by atoms with Crippen LogP contribution < -0.4 is 14.8 Å². The highest BCUT2D eigenvalue weighted by Crippen LogP contribution is 2.25. The molecule has 0 amide bonds. The van der Waals surface area contributed by atoms with Gasteiger partial charge in [-0.25, -0.2) is 8.42 Å². The summed E-state index contributed by atoms with van der Waals surface area (Å²) in [5, 5.41) is 3.65. The summed E-state index contributed by atoms with van der Waals surface area (Å²) >= 11 is 5.87. The van der Waals surface area contributed by atoms with Gasteiger partial charge in [0.25, 0.3) is 10.0 Å². The summed E-state index contributed by atoms with van der Waals surface area (Å²) in [6, 6.07) is 11.4. The Labute approximate surface area is 134 Å². The van der Waals surface area contributed by atoms with Gasteiger partial charge in [0.2, 0.25) is 0 Å². The minimum absolute atomic E-state index is 0.193. The predicted molar refractivity (Wildman–Crippen MR) is 85.9 cm³/mol. The molecule has 2 aromatic rings. The molecule has 1 aliphatic rings. The van der Waals surface area contributed by atoms with Gasteiger partial charge in [0.05, 0.1) is 10.6 Å². The fraction of sp³-hybridized carbons (Fsp3) is 0.200. The van der Waals surface area contributed by atoms with Crippen LogP contribution >= 0.6 is 11.6 Å². The molecule has 7 heteroatoms. The Morgan fingerprint density at radius 2 is 2.05 bits per heavy atom. The molecule has 0 saturated heterocycles. The van der Waals surface area contributed by atoms with Crippen molar-refractivity contribution in [1.29, 1.82) is 0 Å². The maximum atomic E-state index is 12.5. The zero-order valence-corrected chi connectivity index (χ0v) is 13.2. The Bertz CT molecular complexity index is 793. The average molecular weight is 339 g/mol. The number of hydrogen-bond donors (Lipinski definition) is 2. The van der Waals surface area contributed by atoms with E-state index in [-0.39, 0.29) is 4.90 Å². The molecular formula is C15H15ClN2O3S. The van der Waals surface area contributed by atoms with Crippen LogP contribution in [-0.2, 0) is 16.6 Å². The van der Waals surface area contributed by atoms with E-state index < -0.39 is 10.0 Å². The SMILES string of the molecule is O=S(=O)(Nc1cccc(Cl)c1)c1ccc2c(c1)CNCCO2. The van der Waals surface area contributed by atoms with Gasteiger partial charge >= 0.3 is 0 Å². The van der Waals surface area contributed by atoms with Crippen LogP contribution in [0.25, 0.3) is 0 Å². The van der Waals surface area contributed by atoms with Crippen LogP contribution in [-0.4, -0.2) is 21.6 Å². The van der Waals surface area contributed by atoms with Crippen molar-refractivity contribution in [2.75, 3.05) is 17.9 Å². The Morgan fingerprint density at radius 1 is 1.18 bits per heavy atom. The van der Waals surface area contributed by atoms with Crippen LogP contribution in [0.1, 0.15) is 5.56 Å². The van der Waals surface area contributed by atoms with Crippen LogP contribution in [0, 0.1) is 0 Å². The van der Waals surface area contributed by atoms with Gasteiger partial charge in [-0.15, -0.1) is 0 Å². The van der Waals surface area contributed by atoms with E-state index in [4.69, 9.17) is 16.3 Å². The van der Waals surface area contributed by atoms with Gasteiger partial charge in [0.15, 0.2) is 0 Å². The Kier molecular flexibility index (Phi) is 4.24. The standard InChI is InChI=1S/C15H15ClN2O3S/c16-12-2-1-3-13(9-12)18-22(19,20)14-4-5-15-11(8-14)10-17-6-7-21-15/h1-5,8-9,17-18H,6-7,10H2. The molecule has 0 aliphatic carbocycles. The Morgan fingerprint density at radius 3 is 2.86 bits per heavy atom. The van der Waals surface area contributed by atoms with Crippen LogP contribution in [0.2, 0.25) is 5.02 Å². The molecular weight excluding hydrogens is 324 g/mol. The highest BCUT2D eigenvalue weighted by atomic mass is 35.5. The predicted octanol–water partition coefficient (Wildman–Crippen LogP) is 2.62. The van der Waals surface area contributed by atoms with Gasteiger partial charge < -0.3 is 10.1 Å². The molecule has 0 bridgehead atoms. The first-order chi connectivity index (χ1) is 10.5. The minimum Gasteiger partial charge on any atom is -0.492 e. The number of hydrogen-bond acceptors (Lipinski definition) is 4. The van der Waals surface area contributed by atoms with E-state index in [1.807, 2.05) is 0 Å². The van der Waals surface area contributed by atoms with Crippen LogP contribution in [0.3, 0.4) is 0 Å². The quantitative estimate of drug-likeness (QED) is 0.902. The summed E-state index contributed by atoms with van der Waals surface area (Å²) in [4.78, 5) is 0.193. The fourth-order valence-corrected chi connectivity index (χ4v) is 3.51. The lowest BCUT2D eigenvalue weighted by atomic mass is 10.2. The van der Waals surface area contributed by atoms with E-state index in [0.29, 0.717) is 29.6 Å². The van der Waals surface area contributed by atoms with E-state index in [0.717, 1.165) is 12.1 Å². The first-order valence-electron chi connectivity index (χ1n) is 6.79. The minimum atomic E-state index is -3.67. The zero-order valence-electron chi connectivity index (χ0n) is 11.7. The van der Waals surface area contributed by atoms with Crippen molar-refractivity contribution >= 4 is 27.3 Å². The molecule has 0 unspecified atom stereocenters. The number of halogens is 1. The van der Waals surface area contributed by atoms with Crippen molar-refractivity contribution < 1.29 is 13.2 Å². The lowest BCUT2D eigenvalue weighted by Gasteiger charge is -2.11. The second-order valence-corrected chi connectivity index (χ2v) is 7.03. The normalized spacial score (nSPS) is 14.6. The van der Waals surface area contributed by atoms with Gasteiger partial charge in [0, 0.05) is 23.7 Å². The lowest BCUT2D eigenvalue weighted by Crippen LogP contribution is -2.16. The molecule has 116 valence electrons. The van der Waals surface area contributed by atoms with Gasteiger partial charge in [-0.1, -0.05) is 17.7 Å². The molecule has 1 heterocycles. The fourth-order valence-electron chi connectivity index (χ4n) is 2.22. The monoisotopic (exact) mass is 338 g/mol. The Balaban J connectivity index is 1.90. The molecule has 2 N–H and O–H groups in total. The number of sulfonamides is 1. The van der Waals surface area contributed by atoms with Gasteiger partial charge in [-0.3, -0.25) is 4.72 Å². The summed E-state index contributed by atoms with van der Waals surface area (Å²) in [5.41, 5.74) is 1.25. The van der Waals surface area contributed by atoms with Crippen LogP contribution in [0.15, 0.2) is 47.4 Å². The van der Waals surface area contributed by atoms with Crippen LogP contribution in [0.5, 0.6) is 5.75 Å². The highest BCUT2D eigenvalue weighted by Gasteiger charge is 2.18. The summed E-state index contributed by atoms with van der Waals surface area (Å²) in [7, 11) is -3.67. The van der Waals surface area contributed by atoms with E-state index in [1.54, 1.807) is 36.4 Å². The van der Waals surface area contributed by atoms with Crippen molar-refractivity contribution in [3.8, 4) is 5.75 Å². The summed E-state index contributed by atoms with van der Waals surface area (Å²) in [5.74, 6) is 0.715. The molecule has 0 radical (unpaired) electrons. The van der Waals surface area contributed by atoms with E-state index in [9.17, 15) is 8.42 Å². The first kappa shape index (κ1) is 15.1. The number of anilines is 1. The first-order valence-corrected chi connectivity index (χ1v) is 8.65. The maximum Gasteiger partial charge on any atom is 0.261 e. The average Bonchev–Trinajstić information content (AvgIpc) is 2.71. The second-order valence-electron chi connectivity index (χ2n) is 4.91. The highest BCUT2D eigenvalue weighted by molar-refractivity contribution is 7.92. The van der Waals surface area contributed by atoms with E-state index >= 15 is 0 Å². The molecule has 0 saturated carbocycles. The van der Waals surface area contributed by atoms with Crippen molar-refractivity contribution in [3.63, 3.8) is 0 Å². The second kappa shape index (κ2) is 6.16. The van der Waals surface area contributed by atoms with Gasteiger partial charge in [-0.2, -0.15) is 0 Å². The molecule has 0 aromatic heterocycles. The maximum absolute atomic E-state index is 12.5. The summed E-state index contributed by atoms with van der Waals surface area (Å²) in [6.45, 7) is 1.88. The molecule has 3 rings (SSSR count). The summed E-state index contributed by atoms with van der Waals surface area (Å²) < 4.78 is 33.0. The number of fused-ring (bicyclic) bond motifs is 1. The topological polar surface area (TPSA) is 67.4 Å². The summed E-state index contributed by atoms with van der Waals surface area (Å²) in [6.07, 6.45) is 0. The number of rotatable bonds is 3. The van der Waals surface area contributed by atoms with Crippen molar-refractivity contribution in [2.45, 2.75) is 11.4 Å². The molecule has 22 heavy (non-hydrogen) atoms. The molecule has 0 atom stereocenters. The molecule has 0 spiro atoms. The third kappa shape index (κ3) is 3.35. The largest absolute Gasteiger partial charge is 0.492 e. The van der Waals surface area contributed by atoms with Crippen molar-refractivity contribution in [3.05, 3.63) is 53.1 Å².